The Balaban J connectivity index is 1.58. The Labute approximate surface area is 171 Å². The minimum absolute atomic E-state index is 0.739. The van der Waals surface area contributed by atoms with E-state index < -0.39 is 0 Å². The van der Waals surface area contributed by atoms with Gasteiger partial charge in [-0.1, -0.05) is 29.8 Å². The number of piperazine rings is 1. The summed E-state index contributed by atoms with van der Waals surface area (Å²) >= 11 is 6.07. The molecule has 0 amide bonds. The van der Waals surface area contributed by atoms with E-state index in [2.05, 4.69) is 46.5 Å². The molecule has 4 rings (SSSR count). The topological polar surface area (TPSA) is 36.3 Å². The zero-order valence-electron chi connectivity index (χ0n) is 16.4. The number of benzene rings is 1. The van der Waals surface area contributed by atoms with Gasteiger partial charge in [-0.25, -0.2) is 4.68 Å². The van der Waals surface area contributed by atoms with Crippen molar-refractivity contribution >= 4 is 29.6 Å². The molecule has 1 fully saturated rings. The second-order valence-corrected chi connectivity index (χ2v) is 7.92. The SMILES string of the molecule is CN1CCN(CCNc2nn(-c3ccc(Cl)cc3)c3c2=CC=CCCC=3)CC1. The summed E-state index contributed by atoms with van der Waals surface area (Å²) in [6.45, 7) is 6.50. The molecule has 6 heteroatoms. The molecule has 0 atom stereocenters. The van der Waals surface area contributed by atoms with Crippen LogP contribution in [0.3, 0.4) is 0 Å². The van der Waals surface area contributed by atoms with Crippen molar-refractivity contribution in [3.63, 3.8) is 0 Å². The summed E-state index contributed by atoms with van der Waals surface area (Å²) < 4.78 is 2.03. The number of rotatable bonds is 5. The Hall–Kier alpha value is -2.08. The van der Waals surface area contributed by atoms with Crippen molar-refractivity contribution in [3.05, 3.63) is 52.0 Å². The van der Waals surface area contributed by atoms with Gasteiger partial charge < -0.3 is 10.2 Å². The molecule has 1 aromatic heterocycles. The molecule has 2 aliphatic rings. The largest absolute Gasteiger partial charge is 0.367 e. The first-order chi connectivity index (χ1) is 13.7. The Morgan fingerprint density at radius 1 is 1.07 bits per heavy atom. The van der Waals surface area contributed by atoms with Crippen molar-refractivity contribution in [2.45, 2.75) is 12.8 Å². The smallest absolute Gasteiger partial charge is 0.156 e. The van der Waals surface area contributed by atoms with Gasteiger partial charge in [0.1, 0.15) is 0 Å². The summed E-state index contributed by atoms with van der Waals surface area (Å²) in [5, 5.41) is 11.5. The van der Waals surface area contributed by atoms with E-state index >= 15 is 0 Å². The van der Waals surface area contributed by atoms with Crippen LogP contribution in [0.5, 0.6) is 0 Å². The van der Waals surface area contributed by atoms with Gasteiger partial charge in [0.05, 0.1) is 11.0 Å². The molecule has 0 unspecified atom stereocenters. The van der Waals surface area contributed by atoms with Crippen LogP contribution in [0.4, 0.5) is 5.82 Å². The lowest BCUT2D eigenvalue weighted by Crippen LogP contribution is -2.46. The minimum atomic E-state index is 0.739. The predicted molar refractivity (Wildman–Crippen MR) is 118 cm³/mol. The number of allylic oxidation sites excluding steroid dienone is 2. The fourth-order valence-electron chi connectivity index (χ4n) is 3.69. The summed E-state index contributed by atoms with van der Waals surface area (Å²) in [5.74, 6) is 0.946. The number of likely N-dealkylation sites (N-methyl/N-ethyl adjacent to an activating group) is 1. The molecule has 1 aromatic carbocycles. The number of hydrogen-bond acceptors (Lipinski definition) is 4. The van der Waals surface area contributed by atoms with E-state index in [1.807, 2.05) is 28.9 Å². The predicted octanol–water partition coefficient (Wildman–Crippen LogP) is 2.10. The highest BCUT2D eigenvalue weighted by Gasteiger charge is 2.14. The van der Waals surface area contributed by atoms with Gasteiger partial charge in [0.15, 0.2) is 5.82 Å². The van der Waals surface area contributed by atoms with Crippen LogP contribution in [-0.4, -0.2) is 65.9 Å². The summed E-state index contributed by atoms with van der Waals surface area (Å²) in [4.78, 5) is 4.90. The second-order valence-electron chi connectivity index (χ2n) is 7.48. The number of nitrogens with one attached hydrogen (secondary N) is 1. The quantitative estimate of drug-likeness (QED) is 0.838. The van der Waals surface area contributed by atoms with E-state index in [0.717, 1.165) is 79.2 Å². The van der Waals surface area contributed by atoms with Crippen LogP contribution in [-0.2, 0) is 0 Å². The first-order valence-electron chi connectivity index (χ1n) is 10.1. The third-order valence-electron chi connectivity index (χ3n) is 5.42. The van der Waals surface area contributed by atoms with Gasteiger partial charge in [-0.05, 0) is 50.2 Å². The summed E-state index contributed by atoms with van der Waals surface area (Å²) in [6, 6.07) is 7.87. The maximum absolute atomic E-state index is 6.07. The van der Waals surface area contributed by atoms with Gasteiger partial charge >= 0.3 is 0 Å². The molecule has 1 saturated heterocycles. The van der Waals surface area contributed by atoms with Gasteiger partial charge in [-0.2, -0.15) is 0 Å². The molecule has 1 N–H and O–H groups in total. The van der Waals surface area contributed by atoms with Crippen LogP contribution < -0.4 is 15.9 Å². The van der Waals surface area contributed by atoms with Crippen LogP contribution in [0.2, 0.25) is 5.02 Å². The third kappa shape index (κ3) is 4.49. The van der Waals surface area contributed by atoms with Crippen LogP contribution >= 0.6 is 11.6 Å². The molecule has 1 aliphatic heterocycles. The molecular formula is C22H28ClN5. The zero-order chi connectivity index (χ0) is 19.3. The standard InChI is InChI=1S/C22H28ClN5/c1-26-14-16-27(17-15-26)13-12-24-22-20-6-4-2-3-5-7-21(20)28(25-22)19-10-8-18(23)9-11-19/h2,4,6-11H,3,5,12-17H2,1H3,(H,24,25). The monoisotopic (exact) mass is 397 g/mol. The van der Waals surface area contributed by atoms with Crippen molar-refractivity contribution in [1.29, 1.82) is 0 Å². The summed E-state index contributed by atoms with van der Waals surface area (Å²) in [6.07, 6.45) is 10.9. The van der Waals surface area contributed by atoms with Crippen LogP contribution in [0.15, 0.2) is 36.4 Å². The average molecular weight is 398 g/mol. The average Bonchev–Trinajstić information content (AvgIpc) is 3.00. The number of anilines is 1. The molecule has 5 nitrogen and oxygen atoms in total. The lowest BCUT2D eigenvalue weighted by atomic mass is 10.2. The van der Waals surface area contributed by atoms with Gasteiger partial charge in [0, 0.05) is 49.5 Å². The van der Waals surface area contributed by atoms with Gasteiger partial charge in [-0.15, -0.1) is 5.10 Å². The molecular weight excluding hydrogens is 370 g/mol. The number of halogens is 1. The fourth-order valence-corrected chi connectivity index (χ4v) is 3.82. The Morgan fingerprint density at radius 3 is 2.64 bits per heavy atom. The van der Waals surface area contributed by atoms with Crippen LogP contribution in [0.25, 0.3) is 17.8 Å². The van der Waals surface area contributed by atoms with Crippen molar-refractivity contribution in [2.75, 3.05) is 51.6 Å². The molecule has 0 bridgehead atoms. The lowest BCUT2D eigenvalue weighted by Gasteiger charge is -2.32. The van der Waals surface area contributed by atoms with E-state index in [1.54, 1.807) is 0 Å². The lowest BCUT2D eigenvalue weighted by molar-refractivity contribution is 0.158. The van der Waals surface area contributed by atoms with Gasteiger partial charge in [0.25, 0.3) is 0 Å². The molecule has 0 radical (unpaired) electrons. The number of hydrogen-bond donors (Lipinski definition) is 1. The maximum Gasteiger partial charge on any atom is 0.156 e. The highest BCUT2D eigenvalue weighted by atomic mass is 35.5. The van der Waals surface area contributed by atoms with E-state index in [9.17, 15) is 0 Å². The van der Waals surface area contributed by atoms with Gasteiger partial charge in [0.2, 0.25) is 0 Å². The minimum Gasteiger partial charge on any atom is -0.367 e. The molecule has 2 heterocycles. The number of fused-ring (bicyclic) bond motifs is 1. The molecule has 0 spiro atoms. The third-order valence-corrected chi connectivity index (χ3v) is 5.67. The summed E-state index contributed by atoms with van der Waals surface area (Å²) in [5.41, 5.74) is 1.03. The molecule has 1 aliphatic carbocycles. The highest BCUT2D eigenvalue weighted by Crippen LogP contribution is 2.12. The van der Waals surface area contributed by atoms with E-state index in [1.165, 1.54) is 0 Å². The fraction of sp³-hybridized carbons (Fsp3) is 0.409. The number of nitrogens with zero attached hydrogens (tertiary/aromatic N) is 4. The zero-order valence-corrected chi connectivity index (χ0v) is 17.2. The van der Waals surface area contributed by atoms with E-state index in [4.69, 9.17) is 16.7 Å². The van der Waals surface area contributed by atoms with Crippen molar-refractivity contribution in [1.82, 2.24) is 19.6 Å². The maximum atomic E-state index is 6.07. The molecule has 0 saturated carbocycles. The first kappa shape index (κ1) is 19.2. The Morgan fingerprint density at radius 2 is 1.86 bits per heavy atom. The van der Waals surface area contributed by atoms with Gasteiger partial charge in [-0.3, -0.25) is 4.90 Å². The Bertz CT molecular complexity index is 937. The van der Waals surface area contributed by atoms with Crippen molar-refractivity contribution in [3.8, 4) is 5.69 Å². The molecule has 2 aromatic rings. The van der Waals surface area contributed by atoms with Crippen molar-refractivity contribution < 1.29 is 0 Å². The summed E-state index contributed by atoms with van der Waals surface area (Å²) in [7, 11) is 2.19. The van der Waals surface area contributed by atoms with Crippen LogP contribution in [0, 0.1) is 0 Å². The highest BCUT2D eigenvalue weighted by molar-refractivity contribution is 6.30. The van der Waals surface area contributed by atoms with Crippen LogP contribution in [0.1, 0.15) is 12.8 Å². The van der Waals surface area contributed by atoms with Crippen molar-refractivity contribution in [2.24, 2.45) is 0 Å². The first-order valence-corrected chi connectivity index (χ1v) is 10.5. The van der Waals surface area contributed by atoms with E-state index in [-0.39, 0.29) is 0 Å². The number of aromatic nitrogens is 2. The Kier molecular flexibility index (Phi) is 6.15. The normalized spacial score (nSPS) is 17.9. The molecule has 148 valence electrons. The van der Waals surface area contributed by atoms with E-state index in [0.29, 0.717) is 0 Å². The molecule has 28 heavy (non-hydrogen) atoms. The second kappa shape index (κ2) is 8.95.